The third-order valence-corrected chi connectivity index (χ3v) is 3.43. The zero-order valence-electron chi connectivity index (χ0n) is 12.1. The van der Waals surface area contributed by atoms with Crippen LogP contribution in [-0.4, -0.2) is 11.6 Å². The summed E-state index contributed by atoms with van der Waals surface area (Å²) in [4.78, 5) is 12.0. The van der Waals surface area contributed by atoms with E-state index in [9.17, 15) is 4.79 Å². The molecule has 0 spiro atoms. The molecule has 0 saturated heterocycles. The highest BCUT2D eigenvalue weighted by Gasteiger charge is 2.05. The minimum atomic E-state index is -0.276. The van der Waals surface area contributed by atoms with E-state index in [4.69, 9.17) is 11.6 Å². The molecule has 0 unspecified atom stereocenters. The van der Waals surface area contributed by atoms with Gasteiger partial charge in [0.2, 0.25) is 0 Å². The first-order valence-corrected chi connectivity index (χ1v) is 7.17. The molecule has 108 valence electrons. The van der Waals surface area contributed by atoms with Crippen molar-refractivity contribution in [3.63, 3.8) is 0 Å². The molecule has 4 heteroatoms. The Morgan fingerprint density at radius 1 is 1.14 bits per heavy atom. The lowest BCUT2D eigenvalue weighted by Crippen LogP contribution is -2.19. The van der Waals surface area contributed by atoms with E-state index in [0.717, 1.165) is 17.7 Å². The number of hydrogen-bond acceptors (Lipinski definition) is 2. The first-order valence-electron chi connectivity index (χ1n) is 6.79. The van der Waals surface area contributed by atoms with Crippen LogP contribution in [0.3, 0.4) is 0 Å². The quantitative estimate of drug-likeness (QED) is 0.671. The lowest BCUT2D eigenvalue weighted by atomic mass is 10.1. The molecule has 2 rings (SSSR count). The second kappa shape index (κ2) is 7.04. The first-order chi connectivity index (χ1) is 10.1. The van der Waals surface area contributed by atoms with Crippen molar-refractivity contribution in [3.8, 4) is 0 Å². The van der Waals surface area contributed by atoms with Crippen LogP contribution in [0.5, 0.6) is 0 Å². The topological polar surface area (TPSA) is 41.5 Å². The van der Waals surface area contributed by atoms with Gasteiger partial charge in [-0.15, -0.1) is 0 Å². The fourth-order valence-corrected chi connectivity index (χ4v) is 2.07. The van der Waals surface area contributed by atoms with E-state index in [0.29, 0.717) is 10.6 Å². The molecule has 0 atom stereocenters. The summed E-state index contributed by atoms with van der Waals surface area (Å²) in [5.74, 6) is -0.276. The van der Waals surface area contributed by atoms with Crippen LogP contribution >= 0.6 is 11.6 Å². The lowest BCUT2D eigenvalue weighted by Gasteiger charge is -2.04. The van der Waals surface area contributed by atoms with Crippen LogP contribution in [0.1, 0.15) is 35.3 Å². The predicted molar refractivity (Wildman–Crippen MR) is 86.9 cm³/mol. The number of halogens is 1. The SMILES string of the molecule is CCc1ccc(C(C)=NNC(=O)c2cccc(Cl)c2)cc1. The molecule has 0 aromatic heterocycles. The maximum atomic E-state index is 12.0. The summed E-state index contributed by atoms with van der Waals surface area (Å²) in [6.45, 7) is 3.97. The van der Waals surface area contributed by atoms with E-state index in [1.54, 1.807) is 24.3 Å². The van der Waals surface area contributed by atoms with E-state index in [1.165, 1.54) is 5.56 Å². The fourth-order valence-electron chi connectivity index (χ4n) is 1.88. The van der Waals surface area contributed by atoms with Crippen LogP contribution in [0.4, 0.5) is 0 Å². The van der Waals surface area contributed by atoms with Crippen molar-refractivity contribution >= 4 is 23.2 Å². The highest BCUT2D eigenvalue weighted by Crippen LogP contribution is 2.10. The molecule has 0 saturated carbocycles. The Bertz CT molecular complexity index is 663. The van der Waals surface area contributed by atoms with Gasteiger partial charge in [-0.05, 0) is 42.7 Å². The fraction of sp³-hybridized carbons (Fsp3) is 0.176. The summed E-state index contributed by atoms with van der Waals surface area (Å²) >= 11 is 5.86. The standard InChI is InChI=1S/C17H17ClN2O/c1-3-13-7-9-14(10-8-13)12(2)19-20-17(21)15-5-4-6-16(18)11-15/h4-11H,3H2,1-2H3,(H,20,21). The zero-order chi connectivity index (χ0) is 15.2. The second-order valence-corrected chi connectivity index (χ2v) is 5.14. The van der Waals surface area contributed by atoms with Crippen LogP contribution in [0.15, 0.2) is 53.6 Å². The molecular formula is C17H17ClN2O. The summed E-state index contributed by atoms with van der Waals surface area (Å²) in [6.07, 6.45) is 1.00. The van der Waals surface area contributed by atoms with E-state index in [2.05, 4.69) is 29.6 Å². The Morgan fingerprint density at radius 3 is 2.48 bits per heavy atom. The van der Waals surface area contributed by atoms with Crippen molar-refractivity contribution in [1.29, 1.82) is 0 Å². The van der Waals surface area contributed by atoms with Crippen molar-refractivity contribution in [2.45, 2.75) is 20.3 Å². The minimum absolute atomic E-state index is 0.276. The molecule has 0 bridgehead atoms. The molecule has 0 aliphatic heterocycles. The molecule has 1 N–H and O–H groups in total. The Morgan fingerprint density at radius 2 is 1.86 bits per heavy atom. The summed E-state index contributed by atoms with van der Waals surface area (Å²) in [7, 11) is 0. The molecule has 0 radical (unpaired) electrons. The molecule has 1 amide bonds. The molecule has 0 aliphatic carbocycles. The number of benzene rings is 2. The van der Waals surface area contributed by atoms with Gasteiger partial charge < -0.3 is 0 Å². The van der Waals surface area contributed by atoms with Gasteiger partial charge >= 0.3 is 0 Å². The molecule has 3 nitrogen and oxygen atoms in total. The lowest BCUT2D eigenvalue weighted by molar-refractivity contribution is 0.0955. The Balaban J connectivity index is 2.07. The normalized spacial score (nSPS) is 11.3. The average Bonchev–Trinajstić information content (AvgIpc) is 2.52. The van der Waals surface area contributed by atoms with Crippen LogP contribution in [-0.2, 0) is 6.42 Å². The third-order valence-electron chi connectivity index (χ3n) is 3.19. The maximum Gasteiger partial charge on any atom is 0.271 e. The zero-order valence-corrected chi connectivity index (χ0v) is 12.8. The van der Waals surface area contributed by atoms with E-state index in [-0.39, 0.29) is 5.91 Å². The molecule has 21 heavy (non-hydrogen) atoms. The van der Waals surface area contributed by atoms with Gasteiger partial charge in [-0.2, -0.15) is 5.10 Å². The van der Waals surface area contributed by atoms with E-state index >= 15 is 0 Å². The van der Waals surface area contributed by atoms with Crippen molar-refractivity contribution in [3.05, 3.63) is 70.2 Å². The predicted octanol–water partition coefficient (Wildman–Crippen LogP) is 4.06. The summed E-state index contributed by atoms with van der Waals surface area (Å²) < 4.78 is 0. The number of amides is 1. The Hall–Kier alpha value is -2.13. The molecule has 2 aromatic rings. The number of nitrogens with one attached hydrogen (secondary N) is 1. The monoisotopic (exact) mass is 300 g/mol. The largest absolute Gasteiger partial charge is 0.271 e. The van der Waals surface area contributed by atoms with Gasteiger partial charge in [0.1, 0.15) is 0 Å². The Labute approximate surface area is 129 Å². The molecular weight excluding hydrogens is 284 g/mol. The Kier molecular flexibility index (Phi) is 5.12. The number of hydrazone groups is 1. The van der Waals surface area contributed by atoms with Gasteiger partial charge in [0, 0.05) is 10.6 Å². The summed E-state index contributed by atoms with van der Waals surface area (Å²) in [5, 5.41) is 4.66. The number of carbonyl (C=O) groups is 1. The van der Waals surface area contributed by atoms with Gasteiger partial charge in [-0.1, -0.05) is 48.9 Å². The van der Waals surface area contributed by atoms with Crippen molar-refractivity contribution in [2.24, 2.45) is 5.10 Å². The average molecular weight is 301 g/mol. The van der Waals surface area contributed by atoms with Crippen LogP contribution in [0.2, 0.25) is 5.02 Å². The molecule has 0 heterocycles. The van der Waals surface area contributed by atoms with Gasteiger partial charge in [0.25, 0.3) is 5.91 Å². The van der Waals surface area contributed by atoms with Gasteiger partial charge in [-0.25, -0.2) is 5.43 Å². The number of aryl methyl sites for hydroxylation is 1. The van der Waals surface area contributed by atoms with E-state index < -0.39 is 0 Å². The molecule has 2 aromatic carbocycles. The number of rotatable bonds is 4. The van der Waals surface area contributed by atoms with Crippen LogP contribution in [0, 0.1) is 0 Å². The molecule has 0 aliphatic rings. The van der Waals surface area contributed by atoms with Gasteiger partial charge in [-0.3, -0.25) is 4.79 Å². The number of carbonyl (C=O) groups excluding carboxylic acids is 1. The van der Waals surface area contributed by atoms with Crippen LogP contribution in [0.25, 0.3) is 0 Å². The molecule has 0 fully saturated rings. The van der Waals surface area contributed by atoms with Crippen molar-refractivity contribution in [1.82, 2.24) is 5.43 Å². The van der Waals surface area contributed by atoms with Crippen molar-refractivity contribution < 1.29 is 4.79 Å². The third kappa shape index (κ3) is 4.17. The first kappa shape index (κ1) is 15.3. The van der Waals surface area contributed by atoms with Gasteiger partial charge in [0.15, 0.2) is 0 Å². The highest BCUT2D eigenvalue weighted by atomic mass is 35.5. The smallest absolute Gasteiger partial charge is 0.267 e. The van der Waals surface area contributed by atoms with Gasteiger partial charge in [0.05, 0.1) is 5.71 Å². The van der Waals surface area contributed by atoms with E-state index in [1.807, 2.05) is 19.1 Å². The minimum Gasteiger partial charge on any atom is -0.267 e. The van der Waals surface area contributed by atoms with Crippen molar-refractivity contribution in [2.75, 3.05) is 0 Å². The summed E-state index contributed by atoms with van der Waals surface area (Å²) in [6, 6.07) is 14.9. The summed E-state index contributed by atoms with van der Waals surface area (Å²) in [5.41, 5.74) is 6.04. The number of nitrogens with zero attached hydrogens (tertiary/aromatic N) is 1. The second-order valence-electron chi connectivity index (χ2n) is 4.70. The maximum absolute atomic E-state index is 12.0. The number of hydrogen-bond donors (Lipinski definition) is 1. The highest BCUT2D eigenvalue weighted by molar-refractivity contribution is 6.30. The van der Waals surface area contributed by atoms with Crippen LogP contribution < -0.4 is 5.43 Å².